The Morgan fingerprint density at radius 1 is 1.00 bits per heavy atom. The number of nitrogens with one attached hydrogen (secondary N) is 3. The van der Waals surface area contributed by atoms with E-state index in [4.69, 9.17) is 0 Å². The summed E-state index contributed by atoms with van der Waals surface area (Å²) in [7, 11) is 1.98. The van der Waals surface area contributed by atoms with Crippen LogP contribution in [-0.4, -0.2) is 22.5 Å². The van der Waals surface area contributed by atoms with Crippen LogP contribution in [0, 0.1) is 6.92 Å². The lowest BCUT2D eigenvalue weighted by Crippen LogP contribution is -2.39. The third-order valence-corrected chi connectivity index (χ3v) is 4.00. The molecule has 3 amide bonds. The molecule has 0 aliphatic heterocycles. The van der Waals surface area contributed by atoms with Crippen LogP contribution in [0.2, 0.25) is 0 Å². The van der Waals surface area contributed by atoms with E-state index in [0.717, 1.165) is 17.0 Å². The van der Waals surface area contributed by atoms with Gasteiger partial charge < -0.3 is 20.5 Å². The number of aryl methyl sites for hydroxylation is 1. The second-order valence-electron chi connectivity index (χ2n) is 6.39. The SMILES string of the molecule is Cc1ccc(CNC(=O)c2ccc(CNC(=O)NC(C)C)cc2)n1C. The lowest BCUT2D eigenvalue weighted by atomic mass is 10.1. The van der Waals surface area contributed by atoms with Crippen molar-refractivity contribution in [3.8, 4) is 0 Å². The lowest BCUT2D eigenvalue weighted by molar-refractivity contribution is 0.0950. The topological polar surface area (TPSA) is 75.2 Å². The molecule has 1 aromatic carbocycles. The minimum Gasteiger partial charge on any atom is -0.350 e. The number of rotatable bonds is 6. The average Bonchev–Trinajstić information content (AvgIpc) is 2.89. The zero-order valence-electron chi connectivity index (χ0n) is 15.2. The maximum Gasteiger partial charge on any atom is 0.315 e. The molecule has 6 heteroatoms. The van der Waals surface area contributed by atoms with E-state index in [1.54, 1.807) is 12.1 Å². The van der Waals surface area contributed by atoms with Crippen molar-refractivity contribution in [3.63, 3.8) is 0 Å². The molecule has 0 unspecified atom stereocenters. The fourth-order valence-corrected chi connectivity index (χ4v) is 2.39. The van der Waals surface area contributed by atoms with Gasteiger partial charge >= 0.3 is 6.03 Å². The van der Waals surface area contributed by atoms with Gasteiger partial charge in [0.25, 0.3) is 5.91 Å². The van der Waals surface area contributed by atoms with E-state index in [0.29, 0.717) is 18.7 Å². The molecule has 1 aromatic heterocycles. The predicted octanol–water partition coefficient (Wildman–Crippen LogP) is 2.47. The summed E-state index contributed by atoms with van der Waals surface area (Å²) in [5.41, 5.74) is 3.75. The summed E-state index contributed by atoms with van der Waals surface area (Å²) in [5, 5.41) is 8.47. The van der Waals surface area contributed by atoms with E-state index in [2.05, 4.69) is 20.5 Å². The number of benzene rings is 1. The highest BCUT2D eigenvalue weighted by atomic mass is 16.2. The summed E-state index contributed by atoms with van der Waals surface area (Å²) in [6.07, 6.45) is 0. The maximum atomic E-state index is 12.2. The molecular weight excluding hydrogens is 316 g/mol. The molecule has 0 bridgehead atoms. The number of hydrogen-bond acceptors (Lipinski definition) is 2. The van der Waals surface area contributed by atoms with E-state index in [-0.39, 0.29) is 18.0 Å². The summed E-state index contributed by atoms with van der Waals surface area (Å²) in [5.74, 6) is -0.115. The summed E-state index contributed by atoms with van der Waals surface area (Å²) < 4.78 is 2.05. The Balaban J connectivity index is 1.85. The van der Waals surface area contributed by atoms with Crippen molar-refractivity contribution >= 4 is 11.9 Å². The second-order valence-corrected chi connectivity index (χ2v) is 6.39. The van der Waals surface area contributed by atoms with Gasteiger partial charge in [-0.15, -0.1) is 0 Å². The number of hydrogen-bond donors (Lipinski definition) is 3. The van der Waals surface area contributed by atoms with E-state index in [1.165, 1.54) is 0 Å². The third kappa shape index (κ3) is 5.38. The van der Waals surface area contributed by atoms with Crippen molar-refractivity contribution in [2.45, 2.75) is 39.9 Å². The molecule has 1 heterocycles. The molecule has 0 atom stereocenters. The van der Waals surface area contributed by atoms with E-state index >= 15 is 0 Å². The van der Waals surface area contributed by atoms with Crippen LogP contribution in [-0.2, 0) is 20.1 Å². The van der Waals surface area contributed by atoms with Gasteiger partial charge in [0.05, 0.1) is 6.54 Å². The van der Waals surface area contributed by atoms with Crippen molar-refractivity contribution in [3.05, 3.63) is 58.9 Å². The van der Waals surface area contributed by atoms with Gasteiger partial charge in [-0.25, -0.2) is 4.79 Å². The Morgan fingerprint density at radius 2 is 1.68 bits per heavy atom. The first-order valence-electron chi connectivity index (χ1n) is 8.39. The first kappa shape index (κ1) is 18.6. The molecule has 3 N–H and O–H groups in total. The Morgan fingerprint density at radius 3 is 2.24 bits per heavy atom. The monoisotopic (exact) mass is 342 g/mol. The van der Waals surface area contributed by atoms with Gasteiger partial charge in [-0.2, -0.15) is 0 Å². The molecule has 0 spiro atoms. The van der Waals surface area contributed by atoms with E-state index in [9.17, 15) is 9.59 Å². The molecule has 2 rings (SSSR count). The summed E-state index contributed by atoms with van der Waals surface area (Å²) in [6.45, 7) is 6.75. The molecule has 0 aliphatic rings. The van der Waals surface area contributed by atoms with Crippen LogP contribution in [0.15, 0.2) is 36.4 Å². The predicted molar refractivity (Wildman–Crippen MR) is 98.3 cm³/mol. The molecule has 0 fully saturated rings. The van der Waals surface area contributed by atoms with E-state index in [1.807, 2.05) is 52.1 Å². The van der Waals surface area contributed by atoms with Gasteiger partial charge in [0.15, 0.2) is 0 Å². The Kier molecular flexibility index (Phi) is 6.22. The maximum absolute atomic E-state index is 12.2. The van der Waals surface area contributed by atoms with Crippen LogP contribution in [0.5, 0.6) is 0 Å². The zero-order valence-corrected chi connectivity index (χ0v) is 15.2. The molecule has 0 saturated carbocycles. The standard InChI is InChI=1S/C19H26N4O2/c1-13(2)22-19(25)21-11-15-6-8-16(9-7-15)18(24)20-12-17-10-5-14(3)23(17)4/h5-10,13H,11-12H2,1-4H3,(H,20,24)(H2,21,22,25). The van der Waals surface area contributed by atoms with Crippen molar-refractivity contribution in [2.75, 3.05) is 0 Å². The summed E-state index contributed by atoms with van der Waals surface area (Å²) in [6, 6.07) is 11.2. The van der Waals surface area contributed by atoms with Gasteiger partial charge in [0.2, 0.25) is 0 Å². The van der Waals surface area contributed by atoms with Crippen LogP contribution in [0.1, 0.15) is 41.2 Å². The molecule has 0 radical (unpaired) electrons. The lowest BCUT2D eigenvalue weighted by Gasteiger charge is -2.11. The Bertz CT molecular complexity index is 732. The first-order valence-corrected chi connectivity index (χ1v) is 8.39. The highest BCUT2D eigenvalue weighted by Crippen LogP contribution is 2.07. The van der Waals surface area contributed by atoms with Crippen LogP contribution in [0.3, 0.4) is 0 Å². The average molecular weight is 342 g/mol. The number of carbonyl (C=O) groups is 2. The van der Waals surface area contributed by atoms with Crippen molar-refractivity contribution in [2.24, 2.45) is 7.05 Å². The van der Waals surface area contributed by atoms with E-state index < -0.39 is 0 Å². The van der Waals surface area contributed by atoms with Gasteiger partial charge in [-0.05, 0) is 50.6 Å². The van der Waals surface area contributed by atoms with Gasteiger partial charge in [0, 0.05) is 36.6 Å². The fourth-order valence-electron chi connectivity index (χ4n) is 2.39. The van der Waals surface area contributed by atoms with Crippen LogP contribution in [0.4, 0.5) is 4.79 Å². The van der Waals surface area contributed by atoms with Gasteiger partial charge in [0.1, 0.15) is 0 Å². The molecule has 6 nitrogen and oxygen atoms in total. The highest BCUT2D eigenvalue weighted by Gasteiger charge is 2.08. The number of carbonyl (C=O) groups excluding carboxylic acids is 2. The van der Waals surface area contributed by atoms with Crippen LogP contribution < -0.4 is 16.0 Å². The van der Waals surface area contributed by atoms with Crippen molar-refractivity contribution < 1.29 is 9.59 Å². The second kappa shape index (κ2) is 8.37. The minimum atomic E-state index is -0.199. The molecule has 0 saturated heterocycles. The smallest absolute Gasteiger partial charge is 0.315 e. The summed E-state index contributed by atoms with van der Waals surface area (Å²) >= 11 is 0. The third-order valence-electron chi connectivity index (χ3n) is 4.00. The number of aromatic nitrogens is 1. The molecule has 25 heavy (non-hydrogen) atoms. The first-order chi connectivity index (χ1) is 11.9. The largest absolute Gasteiger partial charge is 0.350 e. The van der Waals surface area contributed by atoms with Gasteiger partial charge in [-0.3, -0.25) is 4.79 Å². The Hall–Kier alpha value is -2.76. The van der Waals surface area contributed by atoms with Crippen LogP contribution in [0.25, 0.3) is 0 Å². The molecule has 2 aromatic rings. The zero-order chi connectivity index (χ0) is 18.4. The van der Waals surface area contributed by atoms with Crippen molar-refractivity contribution in [1.29, 1.82) is 0 Å². The molecule has 0 aliphatic carbocycles. The normalized spacial score (nSPS) is 10.6. The highest BCUT2D eigenvalue weighted by molar-refractivity contribution is 5.94. The number of urea groups is 1. The number of amides is 3. The van der Waals surface area contributed by atoms with Gasteiger partial charge in [-0.1, -0.05) is 12.1 Å². The minimum absolute atomic E-state index is 0.0964. The fraction of sp³-hybridized carbons (Fsp3) is 0.368. The summed E-state index contributed by atoms with van der Waals surface area (Å²) in [4.78, 5) is 23.8. The number of nitrogens with zero attached hydrogens (tertiary/aromatic N) is 1. The van der Waals surface area contributed by atoms with Crippen molar-refractivity contribution in [1.82, 2.24) is 20.5 Å². The molecule has 134 valence electrons. The Labute approximate surface area is 148 Å². The molecular formula is C19H26N4O2. The quantitative estimate of drug-likeness (QED) is 0.754. The van der Waals surface area contributed by atoms with Crippen LogP contribution >= 0.6 is 0 Å².